The highest BCUT2D eigenvalue weighted by Gasteiger charge is 2.03. The van der Waals surface area contributed by atoms with E-state index in [0.717, 1.165) is 11.3 Å². The van der Waals surface area contributed by atoms with Gasteiger partial charge in [-0.1, -0.05) is 12.1 Å². The molecular weight excluding hydrogens is 282 g/mol. The molecule has 0 aromatic heterocycles. The van der Waals surface area contributed by atoms with Gasteiger partial charge in [-0.05, 0) is 30.5 Å². The highest BCUT2D eigenvalue weighted by Crippen LogP contribution is 2.13. The van der Waals surface area contributed by atoms with E-state index in [-0.39, 0.29) is 18.2 Å². The summed E-state index contributed by atoms with van der Waals surface area (Å²) in [4.78, 5) is 22.7. The van der Waals surface area contributed by atoms with Crippen molar-refractivity contribution < 1.29 is 14.3 Å². The highest BCUT2D eigenvalue weighted by atomic mass is 16.5. The second-order valence-electron chi connectivity index (χ2n) is 4.74. The molecule has 0 aliphatic rings. The lowest BCUT2D eigenvalue weighted by molar-refractivity contribution is -0.121. The van der Waals surface area contributed by atoms with Crippen LogP contribution in [0, 0.1) is 11.3 Å². The molecule has 6 heteroatoms. The SMILES string of the molecule is COc1cccc(CCC(=O)NCCCNC(=O)CC#N)c1. The minimum Gasteiger partial charge on any atom is -0.497 e. The summed E-state index contributed by atoms with van der Waals surface area (Å²) < 4.78 is 5.13. The molecule has 0 aliphatic carbocycles. The van der Waals surface area contributed by atoms with Crippen LogP contribution < -0.4 is 15.4 Å². The number of benzene rings is 1. The monoisotopic (exact) mass is 303 g/mol. The van der Waals surface area contributed by atoms with Crippen molar-refractivity contribution in [1.29, 1.82) is 5.26 Å². The second-order valence-corrected chi connectivity index (χ2v) is 4.74. The van der Waals surface area contributed by atoms with E-state index < -0.39 is 0 Å². The van der Waals surface area contributed by atoms with Gasteiger partial charge in [-0.15, -0.1) is 0 Å². The van der Waals surface area contributed by atoms with Crippen LogP contribution in [0.2, 0.25) is 0 Å². The lowest BCUT2D eigenvalue weighted by Crippen LogP contribution is -2.29. The smallest absolute Gasteiger partial charge is 0.234 e. The van der Waals surface area contributed by atoms with E-state index in [9.17, 15) is 9.59 Å². The standard InChI is InChI=1S/C16H21N3O3/c1-22-14-5-2-4-13(12-14)6-7-15(20)18-10-3-11-19-16(21)8-9-17/h2,4-5,12H,3,6-8,10-11H2,1H3,(H,18,20)(H,19,21). The van der Waals surface area contributed by atoms with Crippen LogP contribution in [0.25, 0.3) is 0 Å². The summed E-state index contributed by atoms with van der Waals surface area (Å²) in [7, 11) is 1.61. The van der Waals surface area contributed by atoms with Crippen molar-refractivity contribution in [1.82, 2.24) is 10.6 Å². The largest absolute Gasteiger partial charge is 0.497 e. The van der Waals surface area contributed by atoms with Gasteiger partial charge in [-0.2, -0.15) is 5.26 Å². The van der Waals surface area contributed by atoms with Crippen molar-refractivity contribution in [2.75, 3.05) is 20.2 Å². The Morgan fingerprint density at radius 2 is 1.95 bits per heavy atom. The van der Waals surface area contributed by atoms with Gasteiger partial charge in [0, 0.05) is 19.5 Å². The van der Waals surface area contributed by atoms with Crippen molar-refractivity contribution in [2.45, 2.75) is 25.7 Å². The summed E-state index contributed by atoms with van der Waals surface area (Å²) in [6.45, 7) is 0.959. The Bertz CT molecular complexity index is 538. The first-order chi connectivity index (χ1) is 10.7. The summed E-state index contributed by atoms with van der Waals surface area (Å²) >= 11 is 0. The summed E-state index contributed by atoms with van der Waals surface area (Å²) in [6, 6.07) is 9.41. The summed E-state index contributed by atoms with van der Waals surface area (Å²) in [5.74, 6) is 0.476. The second kappa shape index (κ2) is 10.2. The molecule has 0 fully saturated rings. The predicted octanol–water partition coefficient (Wildman–Crippen LogP) is 1.16. The molecule has 6 nitrogen and oxygen atoms in total. The van der Waals surface area contributed by atoms with Crippen LogP contribution in [-0.4, -0.2) is 32.0 Å². The van der Waals surface area contributed by atoms with Crippen molar-refractivity contribution in [2.24, 2.45) is 0 Å². The molecule has 118 valence electrons. The zero-order chi connectivity index (χ0) is 16.2. The molecule has 0 aliphatic heterocycles. The average molecular weight is 303 g/mol. The van der Waals surface area contributed by atoms with Gasteiger partial charge in [0.15, 0.2) is 0 Å². The summed E-state index contributed by atoms with van der Waals surface area (Å²) in [6.07, 6.45) is 1.57. The molecule has 0 atom stereocenters. The normalized spacial score (nSPS) is 9.64. The summed E-state index contributed by atoms with van der Waals surface area (Å²) in [5, 5.41) is 13.7. The lowest BCUT2D eigenvalue weighted by atomic mass is 10.1. The number of ether oxygens (including phenoxy) is 1. The molecule has 0 radical (unpaired) electrons. The first kappa shape index (κ1) is 17.5. The third-order valence-corrected chi connectivity index (χ3v) is 3.01. The quantitative estimate of drug-likeness (QED) is 0.670. The third-order valence-electron chi connectivity index (χ3n) is 3.01. The van der Waals surface area contributed by atoms with Gasteiger partial charge < -0.3 is 15.4 Å². The van der Waals surface area contributed by atoms with Crippen LogP contribution in [-0.2, 0) is 16.0 Å². The van der Waals surface area contributed by atoms with E-state index in [0.29, 0.717) is 32.4 Å². The van der Waals surface area contributed by atoms with Gasteiger partial charge in [-0.25, -0.2) is 0 Å². The van der Waals surface area contributed by atoms with Gasteiger partial charge in [0.05, 0.1) is 13.2 Å². The molecule has 2 amide bonds. The van der Waals surface area contributed by atoms with Crippen molar-refractivity contribution in [3.05, 3.63) is 29.8 Å². The number of carbonyl (C=O) groups is 2. The number of nitriles is 1. The van der Waals surface area contributed by atoms with Crippen LogP contribution >= 0.6 is 0 Å². The van der Waals surface area contributed by atoms with Crippen LogP contribution in [0.5, 0.6) is 5.75 Å². The summed E-state index contributed by atoms with van der Waals surface area (Å²) in [5.41, 5.74) is 1.05. The minimum atomic E-state index is -0.285. The van der Waals surface area contributed by atoms with E-state index in [2.05, 4.69) is 10.6 Å². The Hall–Kier alpha value is -2.55. The molecule has 0 heterocycles. The van der Waals surface area contributed by atoms with Crippen LogP contribution in [0.1, 0.15) is 24.8 Å². The van der Waals surface area contributed by atoms with E-state index in [4.69, 9.17) is 10.00 Å². The van der Waals surface area contributed by atoms with Gasteiger partial charge in [0.2, 0.25) is 11.8 Å². The molecule has 0 spiro atoms. The maximum Gasteiger partial charge on any atom is 0.234 e. The van der Waals surface area contributed by atoms with Crippen LogP contribution in [0.3, 0.4) is 0 Å². The molecule has 1 aromatic rings. The van der Waals surface area contributed by atoms with Gasteiger partial charge in [0.1, 0.15) is 12.2 Å². The molecule has 0 saturated carbocycles. The fourth-order valence-electron chi connectivity index (χ4n) is 1.85. The topological polar surface area (TPSA) is 91.2 Å². The third kappa shape index (κ3) is 7.29. The fraction of sp³-hybridized carbons (Fsp3) is 0.438. The number of amides is 2. The van der Waals surface area contributed by atoms with E-state index in [1.807, 2.05) is 24.3 Å². The molecule has 0 saturated heterocycles. The number of methoxy groups -OCH3 is 1. The first-order valence-corrected chi connectivity index (χ1v) is 7.19. The number of carbonyl (C=O) groups excluding carboxylic acids is 2. The van der Waals surface area contributed by atoms with Crippen LogP contribution in [0.4, 0.5) is 0 Å². The maximum absolute atomic E-state index is 11.7. The van der Waals surface area contributed by atoms with E-state index in [1.54, 1.807) is 13.2 Å². The number of rotatable bonds is 9. The van der Waals surface area contributed by atoms with Crippen molar-refractivity contribution in [3.63, 3.8) is 0 Å². The van der Waals surface area contributed by atoms with E-state index in [1.165, 1.54) is 0 Å². The van der Waals surface area contributed by atoms with Gasteiger partial charge in [0.25, 0.3) is 0 Å². The molecule has 1 rings (SSSR count). The molecule has 1 aromatic carbocycles. The fourth-order valence-corrected chi connectivity index (χ4v) is 1.85. The molecule has 22 heavy (non-hydrogen) atoms. The molecule has 0 bridgehead atoms. The number of nitrogens with zero attached hydrogens (tertiary/aromatic N) is 1. The number of hydrogen-bond acceptors (Lipinski definition) is 4. The van der Waals surface area contributed by atoms with Crippen molar-refractivity contribution >= 4 is 11.8 Å². The predicted molar refractivity (Wildman–Crippen MR) is 82.2 cm³/mol. The molecular formula is C16H21N3O3. The average Bonchev–Trinajstić information content (AvgIpc) is 2.53. The highest BCUT2D eigenvalue weighted by molar-refractivity contribution is 5.78. The Kier molecular flexibility index (Phi) is 8.13. The molecule has 2 N–H and O–H groups in total. The van der Waals surface area contributed by atoms with Crippen LogP contribution in [0.15, 0.2) is 24.3 Å². The molecule has 0 unspecified atom stereocenters. The number of aryl methyl sites for hydroxylation is 1. The van der Waals surface area contributed by atoms with Gasteiger partial charge in [-0.3, -0.25) is 9.59 Å². The Morgan fingerprint density at radius 1 is 1.23 bits per heavy atom. The van der Waals surface area contributed by atoms with E-state index >= 15 is 0 Å². The number of nitrogens with one attached hydrogen (secondary N) is 2. The number of hydrogen-bond donors (Lipinski definition) is 2. The Labute approximate surface area is 130 Å². The minimum absolute atomic E-state index is 0.0221. The lowest BCUT2D eigenvalue weighted by Gasteiger charge is -2.07. The van der Waals surface area contributed by atoms with Crippen molar-refractivity contribution in [3.8, 4) is 11.8 Å². The Morgan fingerprint density at radius 3 is 2.64 bits per heavy atom. The zero-order valence-corrected chi connectivity index (χ0v) is 12.7. The Balaban J connectivity index is 2.13. The zero-order valence-electron chi connectivity index (χ0n) is 12.7. The van der Waals surface area contributed by atoms with Gasteiger partial charge >= 0.3 is 0 Å². The first-order valence-electron chi connectivity index (χ1n) is 7.19. The maximum atomic E-state index is 11.7.